The molecule has 5 aromatic carbocycles. The van der Waals surface area contributed by atoms with Gasteiger partial charge in [-0.25, -0.2) is 61.5 Å². The Morgan fingerprint density at radius 1 is 0.341 bits per heavy atom. The number of halogens is 17. The van der Waals surface area contributed by atoms with Crippen molar-refractivity contribution in [2.75, 3.05) is 0 Å². The normalized spacial score (nSPS) is 12.2. The van der Waals surface area contributed by atoms with E-state index in [4.69, 9.17) is 0 Å². The molecule has 0 unspecified atom stereocenters. The van der Waals surface area contributed by atoms with Crippen LogP contribution in [0.15, 0.2) is 18.2 Å². The fraction of sp³-hybridized carbons (Fsp3) is 0.0370. The molecule has 0 amide bonds. The number of rotatable bonds is 2. The molecule has 0 aliphatic carbocycles. The Balaban J connectivity index is 2.22. The first-order valence-corrected chi connectivity index (χ1v) is 11.2. The maximum Gasteiger partial charge on any atom is 0.422 e. The van der Waals surface area contributed by atoms with Crippen molar-refractivity contribution in [1.82, 2.24) is 0 Å². The lowest BCUT2D eigenvalue weighted by atomic mass is 9.84. The topological polar surface area (TPSA) is 0 Å². The Kier molecular flexibility index (Phi) is 7.01. The molecular weight excluding hydrogens is 647 g/mol. The van der Waals surface area contributed by atoms with E-state index >= 15 is 22.0 Å². The molecular formula is C27H3F17. The second kappa shape index (κ2) is 9.99. The maximum atomic E-state index is 15.4. The molecule has 44 heavy (non-hydrogen) atoms. The van der Waals surface area contributed by atoms with Crippen LogP contribution in [0.5, 0.6) is 0 Å². The highest BCUT2D eigenvalue weighted by Crippen LogP contribution is 2.51. The number of hydrogen-bond acceptors (Lipinski definition) is 0. The van der Waals surface area contributed by atoms with Gasteiger partial charge < -0.3 is 0 Å². The van der Waals surface area contributed by atoms with Crippen molar-refractivity contribution in [1.29, 1.82) is 0 Å². The van der Waals surface area contributed by atoms with Crippen LogP contribution in [0.2, 0.25) is 0 Å². The summed E-state index contributed by atoms with van der Waals surface area (Å²) in [5, 5.41) is -7.51. The molecule has 5 aromatic rings. The van der Waals surface area contributed by atoms with Crippen molar-refractivity contribution in [2.24, 2.45) is 0 Å². The van der Waals surface area contributed by atoms with Crippen molar-refractivity contribution < 1.29 is 74.6 Å². The van der Waals surface area contributed by atoms with Crippen LogP contribution in [0.4, 0.5) is 74.6 Å². The monoisotopic (exact) mass is 650 g/mol. The lowest BCUT2D eigenvalue weighted by molar-refractivity contribution is -0.143. The van der Waals surface area contributed by atoms with Crippen LogP contribution in [-0.2, 0) is 6.18 Å². The second-order valence-electron chi connectivity index (χ2n) is 8.87. The van der Waals surface area contributed by atoms with E-state index in [1.807, 2.05) is 0 Å². The minimum absolute atomic E-state index is 0.280. The summed E-state index contributed by atoms with van der Waals surface area (Å²) >= 11 is 0. The summed E-state index contributed by atoms with van der Waals surface area (Å²) in [5.74, 6) is -40.1. The molecule has 0 aliphatic rings. The molecule has 5 rings (SSSR count). The minimum Gasteiger partial charge on any atom is -0.206 e. The molecule has 0 spiro atoms. The van der Waals surface area contributed by atoms with Crippen molar-refractivity contribution in [3.63, 3.8) is 0 Å². The minimum atomic E-state index is -6.13. The highest BCUT2D eigenvalue weighted by molar-refractivity contribution is 6.22. The first kappa shape index (κ1) is 30.9. The lowest BCUT2D eigenvalue weighted by Crippen LogP contribution is -2.16. The van der Waals surface area contributed by atoms with E-state index in [9.17, 15) is 52.7 Å². The third-order valence-electron chi connectivity index (χ3n) is 6.56. The van der Waals surface area contributed by atoms with Crippen LogP contribution in [-0.4, -0.2) is 0 Å². The molecule has 0 aliphatic heterocycles. The molecule has 0 nitrogen and oxygen atoms in total. The first-order valence-electron chi connectivity index (χ1n) is 11.2. The predicted octanol–water partition coefficient (Wildman–Crippen LogP) is 10.3. The van der Waals surface area contributed by atoms with Crippen molar-refractivity contribution in [2.45, 2.75) is 6.18 Å². The molecule has 0 heterocycles. The highest BCUT2D eigenvalue weighted by Gasteiger charge is 2.44. The molecule has 17 heteroatoms. The maximum absolute atomic E-state index is 15.4. The van der Waals surface area contributed by atoms with Crippen LogP contribution >= 0.6 is 0 Å². The fourth-order valence-corrected chi connectivity index (χ4v) is 4.78. The number of alkyl halides is 3. The summed E-state index contributed by atoms with van der Waals surface area (Å²) < 4.78 is 246. The van der Waals surface area contributed by atoms with E-state index in [2.05, 4.69) is 0 Å². The van der Waals surface area contributed by atoms with Crippen LogP contribution in [0.25, 0.3) is 43.8 Å². The van der Waals surface area contributed by atoms with E-state index in [1.54, 1.807) is 0 Å². The van der Waals surface area contributed by atoms with Gasteiger partial charge in [0, 0.05) is 27.3 Å². The summed E-state index contributed by atoms with van der Waals surface area (Å²) in [6.07, 6.45) is -6.13. The van der Waals surface area contributed by atoms with Gasteiger partial charge in [0.15, 0.2) is 69.8 Å². The average Bonchev–Trinajstić information content (AvgIpc) is 2.95. The van der Waals surface area contributed by atoms with Gasteiger partial charge in [-0.1, -0.05) is 12.1 Å². The van der Waals surface area contributed by atoms with Gasteiger partial charge in [0.1, 0.15) is 11.4 Å². The number of fused-ring (bicyclic) bond motifs is 2. The van der Waals surface area contributed by atoms with Gasteiger partial charge in [-0.2, -0.15) is 13.2 Å². The van der Waals surface area contributed by atoms with Gasteiger partial charge in [0.2, 0.25) is 5.82 Å². The van der Waals surface area contributed by atoms with E-state index < -0.39 is 137 Å². The standard InChI is InChI=1S/C27H3F17/c28-5-3-1-2-4-6(5)8(12-18(33)24(39)26(41)25(40)19(12)34)10-9(14(29)22(37)23(38)15(10)30)7(4)11-16(31)20(35)13(27(42,43)44)21(36)17(11)32/h1-3H. The van der Waals surface area contributed by atoms with Gasteiger partial charge in [-0.3, -0.25) is 0 Å². The van der Waals surface area contributed by atoms with E-state index in [1.165, 1.54) is 0 Å². The Labute approximate surface area is 230 Å². The zero-order valence-electron chi connectivity index (χ0n) is 20.2. The SMILES string of the molecule is Fc1c(F)c(F)c(-c2c3c(F)cccc3c(-c3c(F)c(F)c(C(F)(F)F)c(F)c3F)c3c(F)c(F)c(F)c(F)c23)c(F)c1F. The van der Waals surface area contributed by atoms with Gasteiger partial charge >= 0.3 is 6.18 Å². The van der Waals surface area contributed by atoms with Crippen molar-refractivity contribution >= 4 is 21.5 Å². The lowest BCUT2D eigenvalue weighted by Gasteiger charge is -2.22. The van der Waals surface area contributed by atoms with Gasteiger partial charge in [-0.05, 0) is 11.5 Å². The van der Waals surface area contributed by atoms with Gasteiger partial charge in [-0.15, -0.1) is 0 Å². The Bertz CT molecular complexity index is 2030. The van der Waals surface area contributed by atoms with Crippen LogP contribution in [0.3, 0.4) is 0 Å². The largest absolute Gasteiger partial charge is 0.422 e. The number of benzene rings is 5. The number of hydrogen-bond donors (Lipinski definition) is 0. The van der Waals surface area contributed by atoms with Gasteiger partial charge in [0.25, 0.3) is 0 Å². The molecule has 230 valence electrons. The average molecular weight is 650 g/mol. The molecule has 0 saturated heterocycles. The highest BCUT2D eigenvalue weighted by atomic mass is 19.4. The zero-order valence-corrected chi connectivity index (χ0v) is 20.2. The molecule has 0 aromatic heterocycles. The zero-order chi connectivity index (χ0) is 32.9. The Hall–Kier alpha value is -4.57. The van der Waals surface area contributed by atoms with Gasteiger partial charge in [0.05, 0.1) is 11.1 Å². The summed E-state index contributed by atoms with van der Waals surface area (Å²) in [4.78, 5) is 0. The second-order valence-corrected chi connectivity index (χ2v) is 8.87. The molecule has 0 bridgehead atoms. The molecule has 0 atom stereocenters. The molecule has 0 radical (unpaired) electrons. The predicted molar refractivity (Wildman–Crippen MR) is 117 cm³/mol. The molecule has 0 N–H and O–H groups in total. The van der Waals surface area contributed by atoms with Crippen LogP contribution < -0.4 is 0 Å². The Morgan fingerprint density at radius 2 is 0.705 bits per heavy atom. The van der Waals surface area contributed by atoms with E-state index in [-0.39, 0.29) is 6.07 Å². The summed E-state index contributed by atoms with van der Waals surface area (Å²) in [6, 6.07) is 1.14. The summed E-state index contributed by atoms with van der Waals surface area (Å²) in [7, 11) is 0. The summed E-state index contributed by atoms with van der Waals surface area (Å²) in [5.41, 5.74) is -11.8. The fourth-order valence-electron chi connectivity index (χ4n) is 4.78. The van der Waals surface area contributed by atoms with Crippen LogP contribution in [0.1, 0.15) is 5.56 Å². The van der Waals surface area contributed by atoms with E-state index in [0.717, 1.165) is 0 Å². The van der Waals surface area contributed by atoms with Crippen LogP contribution in [0, 0.1) is 81.4 Å². The Morgan fingerprint density at radius 3 is 1.16 bits per heavy atom. The van der Waals surface area contributed by atoms with Crippen molar-refractivity contribution in [3.8, 4) is 22.3 Å². The third-order valence-corrected chi connectivity index (χ3v) is 6.56. The third kappa shape index (κ3) is 4.00. The quantitative estimate of drug-likeness (QED) is 0.0773. The summed E-state index contributed by atoms with van der Waals surface area (Å²) in [6.45, 7) is 0. The molecule has 0 fully saturated rings. The smallest absolute Gasteiger partial charge is 0.206 e. The van der Waals surface area contributed by atoms with Crippen molar-refractivity contribution in [3.05, 3.63) is 105 Å². The molecule has 0 saturated carbocycles. The van der Waals surface area contributed by atoms with E-state index in [0.29, 0.717) is 12.1 Å². The first-order chi connectivity index (χ1) is 20.4.